The molecule has 1 fully saturated rings. The highest BCUT2D eigenvalue weighted by Gasteiger charge is 2.27. The fourth-order valence-corrected chi connectivity index (χ4v) is 3.53. The number of hydrogen-bond donors (Lipinski definition) is 2. The maximum Gasteiger partial charge on any atom is 0.251 e. The zero-order chi connectivity index (χ0) is 19.9. The number of carbonyl (C=O) groups excluding carboxylic acids is 2. The number of piperidine rings is 1. The van der Waals surface area contributed by atoms with E-state index in [1.807, 2.05) is 61.5 Å². The third kappa shape index (κ3) is 5.20. The number of nitrogens with zero attached hydrogens (tertiary/aromatic N) is 1. The molecule has 0 aromatic heterocycles. The number of aryl methyl sites for hydroxylation is 1. The van der Waals surface area contributed by atoms with Crippen molar-refractivity contribution in [3.05, 3.63) is 65.7 Å². The molecule has 148 valence electrons. The van der Waals surface area contributed by atoms with Crippen molar-refractivity contribution in [1.82, 2.24) is 10.2 Å². The molecule has 3 rings (SSSR count). The second kappa shape index (κ2) is 9.51. The van der Waals surface area contributed by atoms with Crippen LogP contribution in [0, 0.1) is 0 Å². The van der Waals surface area contributed by atoms with Gasteiger partial charge in [-0.2, -0.15) is 0 Å². The van der Waals surface area contributed by atoms with Gasteiger partial charge in [0.2, 0.25) is 5.91 Å². The van der Waals surface area contributed by atoms with Gasteiger partial charge in [-0.3, -0.25) is 14.5 Å². The molecule has 5 heteroatoms. The van der Waals surface area contributed by atoms with Crippen LogP contribution in [0.4, 0.5) is 5.69 Å². The van der Waals surface area contributed by atoms with E-state index < -0.39 is 0 Å². The number of rotatable bonds is 6. The fraction of sp³-hybridized carbons (Fsp3) is 0.391. The Hall–Kier alpha value is -2.66. The van der Waals surface area contributed by atoms with E-state index in [-0.39, 0.29) is 23.9 Å². The van der Waals surface area contributed by atoms with Gasteiger partial charge in [-0.25, -0.2) is 0 Å². The van der Waals surface area contributed by atoms with Gasteiger partial charge in [-0.05, 0) is 56.0 Å². The molecule has 2 amide bonds. The fourth-order valence-electron chi connectivity index (χ4n) is 3.53. The van der Waals surface area contributed by atoms with Crippen LogP contribution >= 0.6 is 0 Å². The normalized spacial score (nSPS) is 16.4. The molecule has 2 aromatic rings. The second-order valence-corrected chi connectivity index (χ2v) is 7.37. The molecule has 5 nitrogen and oxygen atoms in total. The van der Waals surface area contributed by atoms with Crippen LogP contribution in [-0.4, -0.2) is 41.9 Å². The minimum absolute atomic E-state index is 0.0102. The highest BCUT2D eigenvalue weighted by molar-refractivity contribution is 5.95. The van der Waals surface area contributed by atoms with Gasteiger partial charge in [-0.1, -0.05) is 37.3 Å². The monoisotopic (exact) mass is 379 g/mol. The first-order valence-corrected chi connectivity index (χ1v) is 10.1. The van der Waals surface area contributed by atoms with Gasteiger partial charge < -0.3 is 10.6 Å². The number of carbonyl (C=O) groups is 2. The standard InChI is InChI=1S/C23H29N3O2/c1-3-18-9-11-20(12-10-18)24-22(27)17(2)26-15-13-21(14-16-26)25-23(28)19-7-5-4-6-8-19/h4-12,17,21H,3,13-16H2,1-2H3,(H,24,27)(H,25,28). The number of hydrogen-bond acceptors (Lipinski definition) is 3. The largest absolute Gasteiger partial charge is 0.349 e. The van der Waals surface area contributed by atoms with Crippen molar-refractivity contribution >= 4 is 17.5 Å². The molecule has 2 aromatic carbocycles. The molecule has 0 aliphatic carbocycles. The lowest BCUT2D eigenvalue weighted by atomic mass is 10.0. The predicted octanol–water partition coefficient (Wildman–Crippen LogP) is 3.47. The molecule has 1 aliphatic rings. The minimum atomic E-state index is -0.198. The smallest absolute Gasteiger partial charge is 0.251 e. The Morgan fingerprint density at radius 2 is 1.68 bits per heavy atom. The zero-order valence-corrected chi connectivity index (χ0v) is 16.7. The summed E-state index contributed by atoms with van der Waals surface area (Å²) in [6.07, 6.45) is 2.68. The average molecular weight is 380 g/mol. The minimum Gasteiger partial charge on any atom is -0.349 e. The molecule has 2 N–H and O–H groups in total. The number of anilines is 1. The summed E-state index contributed by atoms with van der Waals surface area (Å²) in [6, 6.07) is 17.2. The number of benzene rings is 2. The average Bonchev–Trinajstić information content (AvgIpc) is 2.75. The van der Waals surface area contributed by atoms with Crippen LogP contribution in [0.1, 0.15) is 42.6 Å². The van der Waals surface area contributed by atoms with Crippen LogP contribution in [0.15, 0.2) is 54.6 Å². The predicted molar refractivity (Wildman–Crippen MR) is 112 cm³/mol. The van der Waals surface area contributed by atoms with Crippen molar-refractivity contribution in [3.63, 3.8) is 0 Å². The summed E-state index contributed by atoms with van der Waals surface area (Å²) in [4.78, 5) is 27.1. The van der Waals surface area contributed by atoms with Crippen LogP contribution in [0.25, 0.3) is 0 Å². The molecule has 0 radical (unpaired) electrons. The van der Waals surface area contributed by atoms with E-state index in [2.05, 4.69) is 22.5 Å². The maximum absolute atomic E-state index is 12.6. The summed E-state index contributed by atoms with van der Waals surface area (Å²) < 4.78 is 0. The molecular weight excluding hydrogens is 350 g/mol. The lowest BCUT2D eigenvalue weighted by Gasteiger charge is -2.35. The Morgan fingerprint density at radius 3 is 2.29 bits per heavy atom. The number of amides is 2. The summed E-state index contributed by atoms with van der Waals surface area (Å²) in [5.74, 6) is -0.0172. The maximum atomic E-state index is 12.6. The van der Waals surface area contributed by atoms with Crippen molar-refractivity contribution in [2.75, 3.05) is 18.4 Å². The van der Waals surface area contributed by atoms with E-state index >= 15 is 0 Å². The third-order valence-electron chi connectivity index (χ3n) is 5.46. The summed E-state index contributed by atoms with van der Waals surface area (Å²) >= 11 is 0. The van der Waals surface area contributed by atoms with Gasteiger partial charge in [-0.15, -0.1) is 0 Å². The number of nitrogens with one attached hydrogen (secondary N) is 2. The highest BCUT2D eigenvalue weighted by Crippen LogP contribution is 2.16. The molecule has 0 spiro atoms. The molecule has 1 heterocycles. The van der Waals surface area contributed by atoms with Crippen LogP contribution in [-0.2, 0) is 11.2 Å². The van der Waals surface area contributed by atoms with Gasteiger partial charge in [0.25, 0.3) is 5.91 Å². The summed E-state index contributed by atoms with van der Waals surface area (Å²) in [7, 11) is 0. The van der Waals surface area contributed by atoms with Crippen molar-refractivity contribution in [3.8, 4) is 0 Å². The molecule has 1 atom stereocenters. The van der Waals surface area contributed by atoms with E-state index in [0.29, 0.717) is 5.56 Å². The van der Waals surface area contributed by atoms with E-state index in [4.69, 9.17) is 0 Å². The lowest BCUT2D eigenvalue weighted by molar-refractivity contribution is -0.121. The lowest BCUT2D eigenvalue weighted by Crippen LogP contribution is -2.50. The van der Waals surface area contributed by atoms with Crippen LogP contribution < -0.4 is 10.6 Å². The molecule has 1 unspecified atom stereocenters. The molecule has 0 saturated carbocycles. The summed E-state index contributed by atoms with van der Waals surface area (Å²) in [6.45, 7) is 5.65. The quantitative estimate of drug-likeness (QED) is 0.808. The Morgan fingerprint density at radius 1 is 1.04 bits per heavy atom. The van der Waals surface area contributed by atoms with Crippen molar-refractivity contribution < 1.29 is 9.59 Å². The molecule has 1 aliphatic heterocycles. The van der Waals surface area contributed by atoms with Gasteiger partial charge in [0, 0.05) is 30.4 Å². The van der Waals surface area contributed by atoms with E-state index in [0.717, 1.165) is 38.0 Å². The Labute approximate surface area is 167 Å². The third-order valence-corrected chi connectivity index (χ3v) is 5.46. The number of likely N-dealkylation sites (tertiary alicyclic amines) is 1. The zero-order valence-electron chi connectivity index (χ0n) is 16.7. The first-order valence-electron chi connectivity index (χ1n) is 10.1. The molecular formula is C23H29N3O2. The molecule has 28 heavy (non-hydrogen) atoms. The SMILES string of the molecule is CCc1ccc(NC(=O)C(C)N2CCC(NC(=O)c3ccccc3)CC2)cc1. The Kier molecular flexibility index (Phi) is 6.82. The van der Waals surface area contributed by atoms with Crippen molar-refractivity contribution in [2.24, 2.45) is 0 Å². The van der Waals surface area contributed by atoms with Gasteiger partial charge in [0.1, 0.15) is 0 Å². The summed E-state index contributed by atoms with van der Waals surface area (Å²) in [5, 5.41) is 6.11. The van der Waals surface area contributed by atoms with E-state index in [1.165, 1.54) is 5.56 Å². The topological polar surface area (TPSA) is 61.4 Å². The molecule has 1 saturated heterocycles. The highest BCUT2D eigenvalue weighted by atomic mass is 16.2. The van der Waals surface area contributed by atoms with Crippen LogP contribution in [0.5, 0.6) is 0 Å². The first kappa shape index (κ1) is 20.1. The second-order valence-electron chi connectivity index (χ2n) is 7.37. The Balaban J connectivity index is 1.46. The van der Waals surface area contributed by atoms with Gasteiger partial charge in [0.15, 0.2) is 0 Å². The van der Waals surface area contributed by atoms with Gasteiger partial charge in [0.05, 0.1) is 6.04 Å². The molecule has 0 bridgehead atoms. The van der Waals surface area contributed by atoms with Gasteiger partial charge >= 0.3 is 0 Å². The summed E-state index contributed by atoms with van der Waals surface area (Å²) in [5.41, 5.74) is 2.77. The van der Waals surface area contributed by atoms with E-state index in [1.54, 1.807) is 0 Å². The van der Waals surface area contributed by atoms with Crippen molar-refractivity contribution in [2.45, 2.75) is 45.2 Å². The van der Waals surface area contributed by atoms with Crippen molar-refractivity contribution in [1.29, 1.82) is 0 Å². The van der Waals surface area contributed by atoms with Crippen LogP contribution in [0.2, 0.25) is 0 Å². The van der Waals surface area contributed by atoms with E-state index in [9.17, 15) is 9.59 Å². The first-order chi connectivity index (χ1) is 13.6. The van der Waals surface area contributed by atoms with Crippen LogP contribution in [0.3, 0.4) is 0 Å². The Bertz CT molecular complexity index is 781.